The number of rotatable bonds is 9. The van der Waals surface area contributed by atoms with Crippen molar-refractivity contribution in [3.63, 3.8) is 0 Å². The lowest BCUT2D eigenvalue weighted by Crippen LogP contribution is -2.37. The third kappa shape index (κ3) is 5.19. The summed E-state index contributed by atoms with van der Waals surface area (Å²) in [4.78, 5) is 2.34. The van der Waals surface area contributed by atoms with Gasteiger partial charge in [-0.25, -0.2) is 0 Å². The second-order valence-electron chi connectivity index (χ2n) is 4.92. The van der Waals surface area contributed by atoms with Crippen LogP contribution in [0.5, 0.6) is 0 Å². The average Bonchev–Trinajstić information content (AvgIpc) is 2.87. The van der Waals surface area contributed by atoms with E-state index in [1.54, 1.807) is 10.9 Å². The molecule has 1 aromatic rings. The molecule has 18 heavy (non-hydrogen) atoms. The Bertz CT molecular complexity index is 296. The molecule has 0 aliphatic heterocycles. The number of aliphatic hydroxyl groups excluding tert-OH is 1. The van der Waals surface area contributed by atoms with Gasteiger partial charge in [-0.3, -0.25) is 4.68 Å². The highest BCUT2D eigenvalue weighted by molar-refractivity contribution is 4.79. The summed E-state index contributed by atoms with van der Waals surface area (Å²) in [6.45, 7) is 10.0. The molecule has 0 saturated carbocycles. The first kappa shape index (κ1) is 15.2. The van der Waals surface area contributed by atoms with Gasteiger partial charge in [0, 0.05) is 25.5 Å². The largest absolute Gasteiger partial charge is 0.390 e. The summed E-state index contributed by atoms with van der Waals surface area (Å²) in [6.07, 6.45) is 5.71. The minimum atomic E-state index is -0.348. The number of aromatic nitrogens is 2. The number of nitrogens with zero attached hydrogens (tertiary/aromatic N) is 3. The summed E-state index contributed by atoms with van der Waals surface area (Å²) in [5.41, 5.74) is 0. The van der Waals surface area contributed by atoms with Crippen molar-refractivity contribution in [2.45, 2.75) is 46.3 Å². The van der Waals surface area contributed by atoms with Crippen LogP contribution in [0, 0.1) is 5.92 Å². The topological polar surface area (TPSA) is 41.3 Å². The molecule has 0 bridgehead atoms. The third-order valence-electron chi connectivity index (χ3n) is 3.54. The molecule has 1 rings (SSSR count). The molecular formula is C14H27N3O. The van der Waals surface area contributed by atoms with Crippen LogP contribution < -0.4 is 0 Å². The van der Waals surface area contributed by atoms with Gasteiger partial charge in [0.05, 0.1) is 12.6 Å². The standard InChI is InChI=1S/C14H27N3O/c1-4-13(5-2)10-16(6-3)11-14(18)12-17-9-7-8-15-17/h7-9,13-14,18H,4-6,10-12H2,1-3H3/t14-/m0/s1. The van der Waals surface area contributed by atoms with Crippen molar-refractivity contribution in [3.05, 3.63) is 18.5 Å². The zero-order valence-corrected chi connectivity index (χ0v) is 11.9. The zero-order chi connectivity index (χ0) is 13.4. The lowest BCUT2D eigenvalue weighted by atomic mass is 10.0. The SMILES string of the molecule is CCC(CC)CN(CC)C[C@H](O)Cn1cccn1. The zero-order valence-electron chi connectivity index (χ0n) is 11.9. The van der Waals surface area contributed by atoms with Crippen molar-refractivity contribution in [1.29, 1.82) is 0 Å². The summed E-state index contributed by atoms with van der Waals surface area (Å²) < 4.78 is 1.79. The molecule has 0 spiro atoms. The van der Waals surface area contributed by atoms with E-state index in [0.717, 1.165) is 25.6 Å². The number of aliphatic hydroxyl groups is 1. The monoisotopic (exact) mass is 253 g/mol. The Morgan fingerprint density at radius 2 is 1.94 bits per heavy atom. The fraction of sp³-hybridized carbons (Fsp3) is 0.786. The molecule has 0 aromatic carbocycles. The van der Waals surface area contributed by atoms with Crippen LogP contribution in [0.25, 0.3) is 0 Å². The highest BCUT2D eigenvalue weighted by atomic mass is 16.3. The van der Waals surface area contributed by atoms with Gasteiger partial charge in [-0.15, -0.1) is 0 Å². The van der Waals surface area contributed by atoms with Crippen molar-refractivity contribution in [3.8, 4) is 0 Å². The van der Waals surface area contributed by atoms with E-state index >= 15 is 0 Å². The molecule has 0 amide bonds. The maximum atomic E-state index is 10.1. The number of likely N-dealkylation sites (N-methyl/N-ethyl adjacent to an activating group) is 1. The van der Waals surface area contributed by atoms with Crippen LogP contribution in [-0.2, 0) is 6.54 Å². The molecule has 1 aromatic heterocycles. The van der Waals surface area contributed by atoms with Gasteiger partial charge >= 0.3 is 0 Å². The van der Waals surface area contributed by atoms with Gasteiger partial charge in [-0.05, 0) is 18.5 Å². The Hall–Kier alpha value is -0.870. The smallest absolute Gasteiger partial charge is 0.0862 e. The molecule has 4 heteroatoms. The second kappa shape index (κ2) is 8.27. The molecule has 4 nitrogen and oxygen atoms in total. The van der Waals surface area contributed by atoms with Crippen LogP contribution in [0.4, 0.5) is 0 Å². The molecule has 104 valence electrons. The second-order valence-corrected chi connectivity index (χ2v) is 4.92. The van der Waals surface area contributed by atoms with Crippen molar-refractivity contribution in [1.82, 2.24) is 14.7 Å². The van der Waals surface area contributed by atoms with Crippen LogP contribution in [-0.4, -0.2) is 45.5 Å². The quantitative estimate of drug-likeness (QED) is 0.732. The molecule has 0 fully saturated rings. The predicted molar refractivity (Wildman–Crippen MR) is 74.4 cm³/mol. The van der Waals surface area contributed by atoms with E-state index in [1.807, 2.05) is 12.3 Å². The van der Waals surface area contributed by atoms with E-state index in [-0.39, 0.29) is 6.10 Å². The van der Waals surface area contributed by atoms with Gasteiger partial charge < -0.3 is 10.0 Å². The molecule has 0 saturated heterocycles. The molecule has 1 N–H and O–H groups in total. The van der Waals surface area contributed by atoms with E-state index in [1.165, 1.54) is 12.8 Å². The minimum absolute atomic E-state index is 0.348. The molecule has 0 radical (unpaired) electrons. The van der Waals surface area contributed by atoms with Crippen molar-refractivity contribution < 1.29 is 5.11 Å². The first-order valence-corrected chi connectivity index (χ1v) is 7.07. The molecule has 0 aliphatic carbocycles. The van der Waals surface area contributed by atoms with Gasteiger partial charge in [0.15, 0.2) is 0 Å². The molecule has 1 heterocycles. The molecular weight excluding hydrogens is 226 g/mol. The summed E-state index contributed by atoms with van der Waals surface area (Å²) >= 11 is 0. The first-order chi connectivity index (χ1) is 8.69. The van der Waals surface area contributed by atoms with E-state index in [4.69, 9.17) is 0 Å². The van der Waals surface area contributed by atoms with E-state index < -0.39 is 0 Å². The summed E-state index contributed by atoms with van der Waals surface area (Å²) in [5.74, 6) is 0.738. The third-order valence-corrected chi connectivity index (χ3v) is 3.54. The summed E-state index contributed by atoms with van der Waals surface area (Å²) in [6, 6.07) is 1.88. The highest BCUT2D eigenvalue weighted by Gasteiger charge is 2.14. The van der Waals surface area contributed by atoms with E-state index in [9.17, 15) is 5.11 Å². The average molecular weight is 253 g/mol. The normalized spacial score (nSPS) is 13.4. The molecule has 0 aliphatic rings. The van der Waals surface area contributed by atoms with Gasteiger partial charge in [0.25, 0.3) is 0 Å². The Balaban J connectivity index is 2.37. The summed E-state index contributed by atoms with van der Waals surface area (Å²) in [7, 11) is 0. The van der Waals surface area contributed by atoms with Gasteiger partial charge in [-0.2, -0.15) is 5.10 Å². The maximum absolute atomic E-state index is 10.1. The van der Waals surface area contributed by atoms with Crippen LogP contribution in [0.15, 0.2) is 18.5 Å². The van der Waals surface area contributed by atoms with E-state index in [0.29, 0.717) is 6.54 Å². The van der Waals surface area contributed by atoms with Crippen molar-refractivity contribution >= 4 is 0 Å². The van der Waals surface area contributed by atoms with Crippen LogP contribution in [0.1, 0.15) is 33.6 Å². The van der Waals surface area contributed by atoms with Crippen LogP contribution in [0.2, 0.25) is 0 Å². The Morgan fingerprint density at radius 3 is 2.44 bits per heavy atom. The maximum Gasteiger partial charge on any atom is 0.0862 e. The molecule has 1 atom stereocenters. The molecule has 0 unspecified atom stereocenters. The first-order valence-electron chi connectivity index (χ1n) is 7.07. The Kier molecular flexibility index (Phi) is 6.98. The van der Waals surface area contributed by atoms with Gasteiger partial charge in [0.1, 0.15) is 0 Å². The minimum Gasteiger partial charge on any atom is -0.390 e. The number of hydrogen-bond acceptors (Lipinski definition) is 3. The predicted octanol–water partition coefficient (Wildman–Crippen LogP) is 2.00. The Labute approximate surface area is 111 Å². The fourth-order valence-electron chi connectivity index (χ4n) is 2.22. The van der Waals surface area contributed by atoms with Crippen LogP contribution >= 0.6 is 0 Å². The van der Waals surface area contributed by atoms with Crippen molar-refractivity contribution in [2.24, 2.45) is 5.92 Å². The van der Waals surface area contributed by atoms with Crippen LogP contribution in [0.3, 0.4) is 0 Å². The highest BCUT2D eigenvalue weighted by Crippen LogP contribution is 2.10. The lowest BCUT2D eigenvalue weighted by Gasteiger charge is -2.27. The summed E-state index contributed by atoms with van der Waals surface area (Å²) in [5, 5.41) is 14.2. The lowest BCUT2D eigenvalue weighted by molar-refractivity contribution is 0.0885. The van der Waals surface area contributed by atoms with E-state index in [2.05, 4.69) is 30.8 Å². The van der Waals surface area contributed by atoms with Gasteiger partial charge in [0.2, 0.25) is 0 Å². The Morgan fingerprint density at radius 1 is 1.22 bits per heavy atom. The van der Waals surface area contributed by atoms with Gasteiger partial charge in [-0.1, -0.05) is 33.6 Å². The van der Waals surface area contributed by atoms with Crippen molar-refractivity contribution in [2.75, 3.05) is 19.6 Å². The number of hydrogen-bond donors (Lipinski definition) is 1. The fourth-order valence-corrected chi connectivity index (χ4v) is 2.22.